The molecule has 0 bridgehead atoms. The number of sulfonamides is 1. The predicted octanol–water partition coefficient (Wildman–Crippen LogP) is 2.72. The number of hydrogen-bond acceptors (Lipinski definition) is 5. The van der Waals surface area contributed by atoms with Crippen LogP contribution in [0.5, 0.6) is 0 Å². The molecule has 1 aliphatic rings. The largest absolute Gasteiger partial charge is 0.398 e. The maximum atomic E-state index is 12.9. The first kappa shape index (κ1) is 21.0. The van der Waals surface area contributed by atoms with Crippen molar-refractivity contribution in [2.24, 2.45) is 5.73 Å². The number of hydrogen-bond donors (Lipinski definition) is 2. The number of rotatable bonds is 5. The fourth-order valence-corrected chi connectivity index (χ4v) is 5.07. The molecule has 1 amide bonds. The molecule has 0 saturated carbocycles. The van der Waals surface area contributed by atoms with E-state index in [1.807, 2.05) is 36.4 Å². The van der Waals surface area contributed by atoms with Gasteiger partial charge in [-0.2, -0.15) is 4.31 Å². The van der Waals surface area contributed by atoms with Crippen molar-refractivity contribution in [3.8, 4) is 22.3 Å². The third-order valence-electron chi connectivity index (χ3n) is 5.27. The van der Waals surface area contributed by atoms with Crippen LogP contribution in [-0.2, 0) is 14.8 Å². The minimum Gasteiger partial charge on any atom is -0.398 e. The van der Waals surface area contributed by atoms with E-state index in [0.717, 1.165) is 11.1 Å². The molecule has 0 unspecified atom stereocenters. The molecular formula is C23H23N3O4S. The molecule has 3 aromatic carbocycles. The van der Waals surface area contributed by atoms with Crippen molar-refractivity contribution in [3.05, 3.63) is 72.3 Å². The lowest BCUT2D eigenvalue weighted by atomic mass is 9.95. The first-order chi connectivity index (χ1) is 14.9. The van der Waals surface area contributed by atoms with Crippen LogP contribution in [0.4, 0.5) is 5.69 Å². The summed E-state index contributed by atoms with van der Waals surface area (Å²) in [7, 11) is -3.66. The van der Waals surface area contributed by atoms with Crippen LogP contribution in [0.1, 0.15) is 10.4 Å². The van der Waals surface area contributed by atoms with Gasteiger partial charge in [0.2, 0.25) is 15.9 Å². The number of nitrogens with zero attached hydrogens (tertiary/aromatic N) is 1. The molecule has 1 fully saturated rings. The minimum absolute atomic E-state index is 0.130. The van der Waals surface area contributed by atoms with E-state index in [1.54, 1.807) is 18.2 Å². The van der Waals surface area contributed by atoms with Crippen molar-refractivity contribution in [2.45, 2.75) is 4.90 Å². The van der Waals surface area contributed by atoms with E-state index >= 15 is 0 Å². The molecule has 3 aromatic rings. The fourth-order valence-electron chi connectivity index (χ4n) is 3.62. The number of amides is 1. The van der Waals surface area contributed by atoms with E-state index in [-0.39, 0.29) is 4.90 Å². The van der Waals surface area contributed by atoms with Crippen LogP contribution in [0.15, 0.2) is 71.6 Å². The molecule has 0 aromatic heterocycles. The van der Waals surface area contributed by atoms with Gasteiger partial charge in [0.25, 0.3) is 0 Å². The topological polar surface area (TPSA) is 116 Å². The van der Waals surface area contributed by atoms with E-state index in [9.17, 15) is 13.2 Å². The number of nitrogen functional groups attached to an aromatic ring is 1. The summed E-state index contributed by atoms with van der Waals surface area (Å²) in [5.74, 6) is -0.552. The normalized spacial score (nSPS) is 15.0. The Labute approximate surface area is 181 Å². The molecule has 31 heavy (non-hydrogen) atoms. The van der Waals surface area contributed by atoms with Crippen LogP contribution in [0.3, 0.4) is 0 Å². The SMILES string of the molecule is NC(=O)c1cc(-c2ccccc2)cc(-c2ccc(S(=O)(=O)N3CCOCC3)cc2N)c1. The third kappa shape index (κ3) is 4.32. The van der Waals surface area contributed by atoms with Crippen molar-refractivity contribution < 1.29 is 17.9 Å². The van der Waals surface area contributed by atoms with Gasteiger partial charge < -0.3 is 16.2 Å². The van der Waals surface area contributed by atoms with E-state index in [4.69, 9.17) is 16.2 Å². The Hall–Kier alpha value is -3.20. The van der Waals surface area contributed by atoms with Gasteiger partial charge in [0.05, 0.1) is 18.1 Å². The number of ether oxygens (including phenoxy) is 1. The van der Waals surface area contributed by atoms with Gasteiger partial charge in [-0.15, -0.1) is 0 Å². The summed E-state index contributed by atoms with van der Waals surface area (Å²) in [6.07, 6.45) is 0. The molecule has 0 spiro atoms. The van der Waals surface area contributed by atoms with Crippen molar-refractivity contribution in [1.82, 2.24) is 4.31 Å². The molecule has 7 nitrogen and oxygen atoms in total. The lowest BCUT2D eigenvalue weighted by Crippen LogP contribution is -2.40. The second kappa shape index (κ2) is 8.50. The zero-order valence-corrected chi connectivity index (χ0v) is 17.6. The summed E-state index contributed by atoms with van der Waals surface area (Å²) in [6.45, 7) is 1.36. The Morgan fingerprint density at radius 1 is 0.871 bits per heavy atom. The smallest absolute Gasteiger partial charge is 0.248 e. The van der Waals surface area contributed by atoms with Crippen molar-refractivity contribution in [3.63, 3.8) is 0 Å². The van der Waals surface area contributed by atoms with Crippen LogP contribution < -0.4 is 11.5 Å². The van der Waals surface area contributed by atoms with E-state index in [0.29, 0.717) is 48.7 Å². The molecule has 1 aliphatic heterocycles. The molecule has 4 N–H and O–H groups in total. The highest BCUT2D eigenvalue weighted by Gasteiger charge is 2.27. The molecule has 160 valence electrons. The Kier molecular flexibility index (Phi) is 5.77. The average molecular weight is 438 g/mol. The maximum absolute atomic E-state index is 12.9. The zero-order chi connectivity index (χ0) is 22.0. The van der Waals surface area contributed by atoms with Gasteiger partial charge in [-0.25, -0.2) is 8.42 Å². The summed E-state index contributed by atoms with van der Waals surface area (Å²) in [6, 6.07) is 19.6. The van der Waals surface area contributed by atoms with Crippen LogP contribution in [0, 0.1) is 0 Å². The standard InChI is InChI=1S/C23H23N3O4S/c24-22-15-20(31(28,29)26-8-10-30-11-9-26)6-7-21(22)18-12-17(13-19(14-18)23(25)27)16-4-2-1-3-5-16/h1-7,12-15H,8-11,24H2,(H2,25,27). The monoisotopic (exact) mass is 437 g/mol. The fraction of sp³-hybridized carbons (Fsp3) is 0.174. The van der Waals surface area contributed by atoms with Gasteiger partial charge in [0.15, 0.2) is 0 Å². The molecule has 0 atom stereocenters. The molecule has 0 aliphatic carbocycles. The van der Waals surface area contributed by atoms with Crippen LogP contribution in [0.25, 0.3) is 22.3 Å². The summed E-state index contributed by atoms with van der Waals surface area (Å²) in [4.78, 5) is 12.0. The van der Waals surface area contributed by atoms with E-state index in [2.05, 4.69) is 0 Å². The van der Waals surface area contributed by atoms with Crippen LogP contribution >= 0.6 is 0 Å². The Bertz CT molecular complexity index is 1220. The van der Waals surface area contributed by atoms with Gasteiger partial charge >= 0.3 is 0 Å². The van der Waals surface area contributed by atoms with E-state index < -0.39 is 15.9 Å². The maximum Gasteiger partial charge on any atom is 0.248 e. The predicted molar refractivity (Wildman–Crippen MR) is 120 cm³/mol. The number of carbonyl (C=O) groups is 1. The molecule has 1 saturated heterocycles. The Morgan fingerprint density at radius 3 is 2.19 bits per heavy atom. The first-order valence-corrected chi connectivity index (χ1v) is 11.3. The average Bonchev–Trinajstić information content (AvgIpc) is 2.79. The number of primary amides is 1. The van der Waals surface area contributed by atoms with Crippen molar-refractivity contribution in [1.29, 1.82) is 0 Å². The molecule has 8 heteroatoms. The Balaban J connectivity index is 1.76. The molecule has 1 heterocycles. The van der Waals surface area contributed by atoms with Gasteiger partial charge in [0.1, 0.15) is 0 Å². The first-order valence-electron chi connectivity index (χ1n) is 9.84. The van der Waals surface area contributed by atoms with Gasteiger partial charge in [-0.3, -0.25) is 4.79 Å². The summed E-state index contributed by atoms with van der Waals surface area (Å²) < 4.78 is 32.5. The number of morpholine rings is 1. The quantitative estimate of drug-likeness (QED) is 0.596. The minimum atomic E-state index is -3.66. The Morgan fingerprint density at radius 2 is 1.55 bits per heavy atom. The second-order valence-corrected chi connectivity index (χ2v) is 9.23. The highest BCUT2D eigenvalue weighted by atomic mass is 32.2. The number of nitrogens with two attached hydrogens (primary N) is 2. The highest BCUT2D eigenvalue weighted by molar-refractivity contribution is 7.89. The lowest BCUT2D eigenvalue weighted by molar-refractivity contribution is 0.0730. The molecular weight excluding hydrogens is 414 g/mol. The summed E-state index contributed by atoms with van der Waals surface area (Å²) >= 11 is 0. The van der Waals surface area contributed by atoms with Gasteiger partial charge in [-0.05, 0) is 47.0 Å². The van der Waals surface area contributed by atoms with E-state index in [1.165, 1.54) is 16.4 Å². The number of anilines is 1. The number of carbonyl (C=O) groups excluding carboxylic acids is 1. The van der Waals surface area contributed by atoms with Gasteiger partial charge in [-0.1, -0.05) is 36.4 Å². The van der Waals surface area contributed by atoms with Crippen molar-refractivity contribution >= 4 is 21.6 Å². The third-order valence-corrected chi connectivity index (χ3v) is 7.16. The lowest BCUT2D eigenvalue weighted by Gasteiger charge is -2.26. The highest BCUT2D eigenvalue weighted by Crippen LogP contribution is 2.33. The number of benzene rings is 3. The van der Waals surface area contributed by atoms with Crippen LogP contribution in [-0.4, -0.2) is 44.9 Å². The molecule has 0 radical (unpaired) electrons. The molecule has 4 rings (SSSR count). The van der Waals surface area contributed by atoms with Crippen LogP contribution in [0.2, 0.25) is 0 Å². The van der Waals surface area contributed by atoms with Crippen molar-refractivity contribution in [2.75, 3.05) is 32.0 Å². The summed E-state index contributed by atoms with van der Waals surface area (Å²) in [5.41, 5.74) is 15.5. The van der Waals surface area contributed by atoms with Gasteiger partial charge in [0, 0.05) is 29.9 Å². The second-order valence-electron chi connectivity index (χ2n) is 7.29. The summed E-state index contributed by atoms with van der Waals surface area (Å²) in [5, 5.41) is 0. The zero-order valence-electron chi connectivity index (χ0n) is 16.8.